The molecule has 2 aromatic carbocycles. The quantitative estimate of drug-likeness (QED) is 0.284. The van der Waals surface area contributed by atoms with E-state index in [1.165, 1.54) is 48.8 Å². The third kappa shape index (κ3) is 5.48. The van der Waals surface area contributed by atoms with Crippen molar-refractivity contribution in [1.82, 2.24) is 15.3 Å². The Kier molecular flexibility index (Phi) is 7.43. The smallest absolute Gasteiger partial charge is 0.335 e. The molecule has 0 fully saturated rings. The maximum absolute atomic E-state index is 12.8. The number of hydrogen-bond acceptors (Lipinski definition) is 8. The molecule has 0 unspecified atom stereocenters. The second-order valence-corrected chi connectivity index (χ2v) is 7.56. The topological polar surface area (TPSA) is 145 Å². The van der Waals surface area contributed by atoms with Crippen molar-refractivity contribution in [3.05, 3.63) is 93.2 Å². The summed E-state index contributed by atoms with van der Waals surface area (Å²) < 4.78 is 6.29. The summed E-state index contributed by atoms with van der Waals surface area (Å²) in [5.41, 5.74) is -0.175. The Bertz CT molecular complexity index is 1300. The average molecular weight is 526 g/mol. The molecule has 0 bridgehead atoms. The van der Waals surface area contributed by atoms with Crippen LogP contribution in [-0.2, 0) is 4.79 Å². The predicted molar refractivity (Wildman–Crippen MR) is 125 cm³/mol. The summed E-state index contributed by atoms with van der Waals surface area (Å²) in [5, 5.41) is 13.2. The number of amides is 4. The van der Waals surface area contributed by atoms with Crippen molar-refractivity contribution < 1.29 is 24.0 Å². The Morgan fingerprint density at radius 2 is 1.85 bits per heavy atom. The van der Waals surface area contributed by atoms with Gasteiger partial charge in [-0.25, -0.2) is 19.7 Å². The molecule has 172 valence electrons. The number of nitrogens with zero attached hydrogens (tertiary/aromatic N) is 4. The average Bonchev–Trinajstić information content (AvgIpc) is 2.82. The van der Waals surface area contributed by atoms with Crippen LogP contribution < -0.4 is 15.0 Å². The van der Waals surface area contributed by atoms with Crippen LogP contribution in [0, 0.1) is 17.0 Å². The third-order valence-corrected chi connectivity index (χ3v) is 4.79. The van der Waals surface area contributed by atoms with Crippen LogP contribution in [0.5, 0.6) is 11.8 Å². The minimum atomic E-state index is -1.11. The minimum Gasteiger partial charge on any atom is -0.424 e. The third-order valence-electron chi connectivity index (χ3n) is 4.38. The summed E-state index contributed by atoms with van der Waals surface area (Å²) in [7, 11) is 0. The van der Waals surface area contributed by atoms with E-state index in [1.807, 2.05) is 5.32 Å². The maximum atomic E-state index is 12.8. The zero-order chi connectivity index (χ0) is 24.8. The number of ether oxygens (including phenoxy) is 1. The van der Waals surface area contributed by atoms with Gasteiger partial charge in [0.05, 0.1) is 15.1 Å². The number of carbonyl (C=O) groups excluding carboxylic acids is 3. The number of urea groups is 1. The molecule has 0 atom stereocenters. The number of para-hydroxylation sites is 1. The number of aromatic nitrogens is 2. The fourth-order valence-electron chi connectivity index (χ4n) is 2.82. The Labute approximate surface area is 201 Å². The highest BCUT2D eigenvalue weighted by atomic mass is 79.9. The molecule has 3 aromatic rings. The number of hydrogen-bond donors (Lipinski definition) is 1. The van der Waals surface area contributed by atoms with E-state index in [2.05, 4.69) is 32.5 Å². The highest BCUT2D eigenvalue weighted by Crippen LogP contribution is 2.28. The molecule has 1 N–H and O–H groups in total. The van der Waals surface area contributed by atoms with Crippen molar-refractivity contribution >= 4 is 45.2 Å². The molecular formula is C22H16BrN5O6. The lowest BCUT2D eigenvalue weighted by atomic mass is 10.1. The normalized spacial score (nSPS) is 10.2. The highest BCUT2D eigenvalue weighted by molar-refractivity contribution is 9.10. The van der Waals surface area contributed by atoms with Crippen LogP contribution in [0.15, 0.2) is 72.0 Å². The van der Waals surface area contributed by atoms with E-state index in [4.69, 9.17) is 4.74 Å². The van der Waals surface area contributed by atoms with Gasteiger partial charge in [0.2, 0.25) is 0 Å². The molecule has 0 aliphatic carbocycles. The molecule has 0 saturated heterocycles. The second kappa shape index (κ2) is 10.4. The Balaban J connectivity index is 1.86. The number of rotatable bonds is 6. The highest BCUT2D eigenvalue weighted by Gasteiger charge is 2.27. The van der Waals surface area contributed by atoms with Crippen LogP contribution in [0.1, 0.15) is 15.9 Å². The van der Waals surface area contributed by atoms with Crippen molar-refractivity contribution in [3.8, 4) is 11.8 Å². The summed E-state index contributed by atoms with van der Waals surface area (Å²) in [4.78, 5) is 56.9. The van der Waals surface area contributed by atoms with Crippen molar-refractivity contribution in [2.24, 2.45) is 0 Å². The molecule has 0 aliphatic rings. The van der Waals surface area contributed by atoms with Gasteiger partial charge in [-0.2, -0.15) is 0 Å². The molecule has 11 nitrogen and oxygen atoms in total. The number of nitro benzene ring substituents is 1. The summed E-state index contributed by atoms with van der Waals surface area (Å²) >= 11 is 3.23. The van der Waals surface area contributed by atoms with E-state index >= 15 is 0 Å². The van der Waals surface area contributed by atoms with Crippen molar-refractivity contribution in [3.63, 3.8) is 0 Å². The van der Waals surface area contributed by atoms with Gasteiger partial charge in [0, 0.05) is 18.5 Å². The van der Waals surface area contributed by atoms with E-state index in [-0.39, 0.29) is 17.3 Å². The van der Waals surface area contributed by atoms with E-state index in [9.17, 15) is 24.5 Å². The van der Waals surface area contributed by atoms with Crippen LogP contribution in [0.25, 0.3) is 0 Å². The van der Waals surface area contributed by atoms with Gasteiger partial charge in [-0.1, -0.05) is 18.7 Å². The first-order valence-corrected chi connectivity index (χ1v) is 10.3. The van der Waals surface area contributed by atoms with Crippen LogP contribution in [0.3, 0.4) is 0 Å². The largest absolute Gasteiger partial charge is 0.424 e. The first-order chi connectivity index (χ1) is 16.2. The Hall–Kier alpha value is -4.45. The number of carbonyl (C=O) groups is 3. The molecule has 1 heterocycles. The SMILES string of the molecule is C=CC(=O)N(C(=O)NC(=O)c1ccccc1[N+](=O)[O-])c1ccc(Oc2ncc(Br)cn2)c(C)c1. The number of nitrogens with one attached hydrogen (secondary N) is 1. The van der Waals surface area contributed by atoms with Crippen molar-refractivity contribution in [2.45, 2.75) is 6.92 Å². The lowest BCUT2D eigenvalue weighted by molar-refractivity contribution is -0.385. The summed E-state index contributed by atoms with van der Waals surface area (Å²) in [6.45, 7) is 5.05. The van der Waals surface area contributed by atoms with E-state index in [0.29, 0.717) is 20.7 Å². The van der Waals surface area contributed by atoms with Crippen molar-refractivity contribution in [2.75, 3.05) is 4.90 Å². The van der Waals surface area contributed by atoms with Gasteiger partial charge in [-0.05, 0) is 58.8 Å². The van der Waals surface area contributed by atoms with Crippen LogP contribution in [-0.4, -0.2) is 32.7 Å². The first kappa shape index (κ1) is 24.2. The number of imide groups is 2. The second-order valence-electron chi connectivity index (χ2n) is 6.65. The Morgan fingerprint density at radius 3 is 2.47 bits per heavy atom. The molecule has 3 rings (SSSR count). The number of aryl methyl sites for hydroxylation is 1. The zero-order valence-corrected chi connectivity index (χ0v) is 19.2. The first-order valence-electron chi connectivity index (χ1n) is 9.52. The summed E-state index contributed by atoms with van der Waals surface area (Å²) in [5.74, 6) is -1.49. The molecule has 12 heteroatoms. The van der Waals surface area contributed by atoms with Gasteiger partial charge in [0.25, 0.3) is 17.5 Å². The molecular weight excluding hydrogens is 510 g/mol. The fourth-order valence-corrected chi connectivity index (χ4v) is 3.02. The number of nitro groups is 1. The van der Waals surface area contributed by atoms with Crippen molar-refractivity contribution in [1.29, 1.82) is 0 Å². The molecule has 0 aliphatic heterocycles. The lowest BCUT2D eigenvalue weighted by Gasteiger charge is -2.20. The van der Waals surface area contributed by atoms with Crippen LogP contribution in [0.2, 0.25) is 0 Å². The number of anilines is 1. The van der Waals surface area contributed by atoms with Gasteiger partial charge in [0.15, 0.2) is 0 Å². The molecule has 34 heavy (non-hydrogen) atoms. The van der Waals surface area contributed by atoms with Gasteiger partial charge in [-0.3, -0.25) is 25.0 Å². The molecule has 0 radical (unpaired) electrons. The predicted octanol–water partition coefficient (Wildman–Crippen LogP) is 4.32. The van der Waals surface area contributed by atoms with E-state index in [0.717, 1.165) is 12.1 Å². The maximum Gasteiger partial charge on any atom is 0.335 e. The molecule has 4 amide bonds. The lowest BCUT2D eigenvalue weighted by Crippen LogP contribution is -2.45. The minimum absolute atomic E-state index is 0.0888. The number of benzene rings is 2. The fraction of sp³-hybridized carbons (Fsp3) is 0.0455. The molecule has 0 saturated carbocycles. The van der Waals surface area contributed by atoms with Crippen LogP contribution in [0.4, 0.5) is 16.2 Å². The zero-order valence-electron chi connectivity index (χ0n) is 17.6. The monoisotopic (exact) mass is 525 g/mol. The van der Waals surface area contributed by atoms with Gasteiger partial charge < -0.3 is 4.74 Å². The summed E-state index contributed by atoms with van der Waals surface area (Å²) in [6.07, 6.45) is 3.91. The van der Waals surface area contributed by atoms with Gasteiger partial charge in [0.1, 0.15) is 11.3 Å². The van der Waals surface area contributed by atoms with E-state index in [1.54, 1.807) is 6.92 Å². The molecule has 1 aromatic heterocycles. The standard InChI is InChI=1S/C22H16BrN5O6/c1-3-19(29)27(22(31)26-20(30)16-6-4-5-7-17(16)28(32)33)15-8-9-18(13(2)10-15)34-21-24-11-14(23)12-25-21/h3-12H,1H2,2H3,(H,26,30,31). The van der Waals surface area contributed by atoms with Gasteiger partial charge >= 0.3 is 12.0 Å². The van der Waals surface area contributed by atoms with Crippen LogP contribution >= 0.6 is 15.9 Å². The molecule has 0 spiro atoms. The van der Waals surface area contributed by atoms with Gasteiger partial charge in [-0.15, -0.1) is 0 Å². The number of halogens is 1. The Morgan fingerprint density at radius 1 is 1.18 bits per heavy atom. The summed E-state index contributed by atoms with van der Waals surface area (Å²) in [6, 6.07) is 8.48. The van der Waals surface area contributed by atoms with E-state index < -0.39 is 28.5 Å².